The van der Waals surface area contributed by atoms with Crippen molar-refractivity contribution >= 4 is 11.6 Å². The number of hydrogen-bond donors (Lipinski definition) is 0. The van der Waals surface area contributed by atoms with Crippen LogP contribution >= 0.6 is 0 Å². The van der Waals surface area contributed by atoms with Crippen LogP contribution in [-0.2, 0) is 4.79 Å². The van der Waals surface area contributed by atoms with Gasteiger partial charge in [-0.05, 0) is 31.4 Å². The standard InChI is InChI=1S/C18H26N2O/c1-12(2)18(21)20-10-14-9-19(13(3)4)11-16(14)15-7-5-6-8-17(15)20/h5-8,12-14,16H,9-11H2,1-4H3/t14-,16+/m0/s1. The Hall–Kier alpha value is -1.35. The lowest BCUT2D eigenvalue weighted by Gasteiger charge is -2.37. The van der Waals surface area contributed by atoms with E-state index in [-0.39, 0.29) is 11.8 Å². The number of likely N-dealkylation sites (tertiary alicyclic amines) is 1. The van der Waals surface area contributed by atoms with Gasteiger partial charge in [-0.2, -0.15) is 0 Å². The number of benzene rings is 1. The number of anilines is 1. The van der Waals surface area contributed by atoms with E-state index < -0.39 is 0 Å². The smallest absolute Gasteiger partial charge is 0.229 e. The Balaban J connectivity index is 1.96. The van der Waals surface area contributed by atoms with Crippen molar-refractivity contribution in [3.63, 3.8) is 0 Å². The summed E-state index contributed by atoms with van der Waals surface area (Å²) in [6.45, 7) is 11.6. The van der Waals surface area contributed by atoms with Gasteiger partial charge in [0.05, 0.1) is 0 Å². The molecule has 0 saturated carbocycles. The van der Waals surface area contributed by atoms with Gasteiger partial charge in [-0.1, -0.05) is 32.0 Å². The summed E-state index contributed by atoms with van der Waals surface area (Å²) >= 11 is 0. The molecule has 3 rings (SSSR count). The van der Waals surface area contributed by atoms with Gasteiger partial charge in [0, 0.05) is 43.2 Å². The van der Waals surface area contributed by atoms with Crippen LogP contribution in [0, 0.1) is 11.8 Å². The molecular weight excluding hydrogens is 260 g/mol. The van der Waals surface area contributed by atoms with Gasteiger partial charge in [0.1, 0.15) is 0 Å². The number of nitrogens with zero attached hydrogens (tertiary/aromatic N) is 2. The maximum Gasteiger partial charge on any atom is 0.229 e. The number of amides is 1. The molecule has 3 nitrogen and oxygen atoms in total. The predicted molar refractivity (Wildman–Crippen MR) is 86.6 cm³/mol. The van der Waals surface area contributed by atoms with E-state index in [9.17, 15) is 4.79 Å². The summed E-state index contributed by atoms with van der Waals surface area (Å²) in [7, 11) is 0. The average Bonchev–Trinajstić information content (AvgIpc) is 2.90. The Morgan fingerprint density at radius 2 is 1.81 bits per heavy atom. The zero-order valence-corrected chi connectivity index (χ0v) is 13.5. The molecule has 0 spiro atoms. The quantitative estimate of drug-likeness (QED) is 0.834. The first kappa shape index (κ1) is 14.6. The number of hydrogen-bond acceptors (Lipinski definition) is 2. The second-order valence-electron chi connectivity index (χ2n) is 7.08. The fourth-order valence-corrected chi connectivity index (χ4v) is 3.76. The molecule has 2 aliphatic heterocycles. The highest BCUT2D eigenvalue weighted by atomic mass is 16.2. The van der Waals surface area contributed by atoms with E-state index in [4.69, 9.17) is 0 Å². The summed E-state index contributed by atoms with van der Waals surface area (Å²) in [5, 5.41) is 0. The van der Waals surface area contributed by atoms with Crippen LogP contribution < -0.4 is 4.90 Å². The second kappa shape index (κ2) is 5.45. The molecule has 1 fully saturated rings. The van der Waals surface area contributed by atoms with Gasteiger partial charge in [0.15, 0.2) is 0 Å². The van der Waals surface area contributed by atoms with Gasteiger partial charge >= 0.3 is 0 Å². The van der Waals surface area contributed by atoms with E-state index in [1.54, 1.807) is 0 Å². The van der Waals surface area contributed by atoms with Crippen LogP contribution in [0.3, 0.4) is 0 Å². The monoisotopic (exact) mass is 286 g/mol. The minimum atomic E-state index is 0.0530. The molecule has 3 heteroatoms. The molecule has 2 atom stereocenters. The fourth-order valence-electron chi connectivity index (χ4n) is 3.76. The maximum atomic E-state index is 12.6. The first-order chi connectivity index (χ1) is 9.99. The number of rotatable bonds is 2. The van der Waals surface area contributed by atoms with Crippen LogP contribution in [0.5, 0.6) is 0 Å². The van der Waals surface area contributed by atoms with Gasteiger partial charge in [-0.3, -0.25) is 9.69 Å². The summed E-state index contributed by atoms with van der Waals surface area (Å²) in [4.78, 5) is 17.2. The molecule has 0 aromatic heterocycles. The molecule has 0 aliphatic carbocycles. The minimum Gasteiger partial charge on any atom is -0.312 e. The highest BCUT2D eigenvalue weighted by Gasteiger charge is 2.42. The Kier molecular flexibility index (Phi) is 3.78. The first-order valence-corrected chi connectivity index (χ1v) is 8.13. The summed E-state index contributed by atoms with van der Waals surface area (Å²) in [6, 6.07) is 9.07. The van der Waals surface area contributed by atoms with Crippen LogP contribution in [-0.4, -0.2) is 36.5 Å². The minimum absolute atomic E-state index is 0.0530. The predicted octanol–water partition coefficient (Wildman–Crippen LogP) is 3.11. The van der Waals surface area contributed by atoms with Crippen molar-refractivity contribution in [1.29, 1.82) is 0 Å². The number of fused-ring (bicyclic) bond motifs is 3. The molecular formula is C18H26N2O. The van der Waals surface area contributed by atoms with E-state index in [1.807, 2.05) is 18.7 Å². The molecule has 1 saturated heterocycles. The van der Waals surface area contributed by atoms with E-state index in [0.29, 0.717) is 17.9 Å². The molecule has 1 aromatic carbocycles. The molecule has 1 aromatic rings. The van der Waals surface area contributed by atoms with Crippen molar-refractivity contribution in [1.82, 2.24) is 4.90 Å². The molecule has 21 heavy (non-hydrogen) atoms. The molecule has 0 bridgehead atoms. The molecule has 0 N–H and O–H groups in total. The summed E-state index contributed by atoms with van der Waals surface area (Å²) in [5.41, 5.74) is 2.51. The molecule has 2 heterocycles. The van der Waals surface area contributed by atoms with Gasteiger partial charge in [0.25, 0.3) is 0 Å². The number of carbonyl (C=O) groups excluding carboxylic acids is 1. The lowest BCUT2D eigenvalue weighted by atomic mass is 9.83. The molecule has 114 valence electrons. The summed E-state index contributed by atoms with van der Waals surface area (Å²) in [5.74, 6) is 1.46. The molecule has 0 unspecified atom stereocenters. The van der Waals surface area contributed by atoms with Crippen LogP contribution in [0.1, 0.15) is 39.2 Å². The van der Waals surface area contributed by atoms with Crippen molar-refractivity contribution in [2.24, 2.45) is 11.8 Å². The van der Waals surface area contributed by atoms with Gasteiger partial charge < -0.3 is 4.90 Å². The summed E-state index contributed by atoms with van der Waals surface area (Å²) < 4.78 is 0. The van der Waals surface area contributed by atoms with Crippen molar-refractivity contribution in [3.8, 4) is 0 Å². The molecule has 0 radical (unpaired) electrons. The Morgan fingerprint density at radius 3 is 2.48 bits per heavy atom. The van der Waals surface area contributed by atoms with E-state index >= 15 is 0 Å². The Morgan fingerprint density at radius 1 is 1.10 bits per heavy atom. The number of para-hydroxylation sites is 1. The zero-order chi connectivity index (χ0) is 15.1. The first-order valence-electron chi connectivity index (χ1n) is 8.13. The van der Waals surface area contributed by atoms with Crippen molar-refractivity contribution in [2.45, 2.75) is 39.7 Å². The SMILES string of the molecule is CC(C)C(=O)N1C[C@@H]2CN(C(C)C)C[C@H]2c2ccccc21. The van der Waals surface area contributed by atoms with Gasteiger partial charge in [-0.25, -0.2) is 0 Å². The highest BCUT2D eigenvalue weighted by Crippen LogP contribution is 2.43. The van der Waals surface area contributed by atoms with Crippen LogP contribution in [0.2, 0.25) is 0 Å². The van der Waals surface area contributed by atoms with E-state index in [2.05, 4.69) is 43.0 Å². The van der Waals surface area contributed by atoms with Gasteiger partial charge in [-0.15, -0.1) is 0 Å². The van der Waals surface area contributed by atoms with Crippen LogP contribution in [0.4, 0.5) is 5.69 Å². The normalized spacial score (nSPS) is 25.3. The van der Waals surface area contributed by atoms with Crippen molar-refractivity contribution in [3.05, 3.63) is 29.8 Å². The average molecular weight is 286 g/mol. The largest absolute Gasteiger partial charge is 0.312 e. The third kappa shape index (κ3) is 2.48. The zero-order valence-electron chi connectivity index (χ0n) is 13.5. The Bertz CT molecular complexity index is 538. The second-order valence-corrected chi connectivity index (χ2v) is 7.08. The topological polar surface area (TPSA) is 23.6 Å². The van der Waals surface area contributed by atoms with Crippen molar-refractivity contribution < 1.29 is 4.79 Å². The maximum absolute atomic E-state index is 12.6. The third-order valence-corrected chi connectivity index (χ3v) is 5.00. The molecule has 1 amide bonds. The lowest BCUT2D eigenvalue weighted by molar-refractivity contribution is -0.121. The lowest BCUT2D eigenvalue weighted by Crippen LogP contribution is -2.43. The van der Waals surface area contributed by atoms with Crippen molar-refractivity contribution in [2.75, 3.05) is 24.5 Å². The van der Waals surface area contributed by atoms with Crippen LogP contribution in [0.15, 0.2) is 24.3 Å². The summed E-state index contributed by atoms with van der Waals surface area (Å²) in [6.07, 6.45) is 0. The van der Waals surface area contributed by atoms with E-state index in [0.717, 1.165) is 25.3 Å². The Labute approximate surface area is 127 Å². The third-order valence-electron chi connectivity index (χ3n) is 5.00. The number of carbonyl (C=O) groups is 1. The van der Waals surface area contributed by atoms with Gasteiger partial charge in [0.2, 0.25) is 5.91 Å². The van der Waals surface area contributed by atoms with E-state index in [1.165, 1.54) is 5.56 Å². The van der Waals surface area contributed by atoms with Crippen LogP contribution in [0.25, 0.3) is 0 Å². The fraction of sp³-hybridized carbons (Fsp3) is 0.611. The molecule has 2 aliphatic rings. The highest BCUT2D eigenvalue weighted by molar-refractivity contribution is 5.96.